The highest BCUT2D eigenvalue weighted by Gasteiger charge is 2.12. The molecule has 0 aliphatic carbocycles. The van der Waals surface area contributed by atoms with Gasteiger partial charge in [-0.3, -0.25) is 14.9 Å². The molecule has 0 saturated carbocycles. The Balaban J connectivity index is 1.88. The molecule has 1 N–H and O–H groups in total. The van der Waals surface area contributed by atoms with E-state index in [1.165, 1.54) is 35.6 Å². The van der Waals surface area contributed by atoms with Crippen molar-refractivity contribution < 1.29 is 22.9 Å². The smallest absolute Gasteiger partial charge is 0.271 e. The molecule has 1 amide bonds. The van der Waals surface area contributed by atoms with Crippen molar-refractivity contribution in [3.8, 4) is 5.75 Å². The van der Waals surface area contributed by atoms with Gasteiger partial charge in [-0.15, -0.1) is 0 Å². The molecule has 0 saturated heterocycles. The number of ether oxygens (including phenoxy) is 1. The summed E-state index contributed by atoms with van der Waals surface area (Å²) in [7, 11) is -1.78. The minimum atomic E-state index is -3.26. The molecular weight excluding hydrogens is 374 g/mol. The second-order valence-corrected chi connectivity index (χ2v) is 7.90. The molecule has 144 valence electrons. The summed E-state index contributed by atoms with van der Waals surface area (Å²) in [5, 5.41) is 13.3. The molecule has 10 heteroatoms. The van der Waals surface area contributed by atoms with E-state index in [0.717, 1.165) is 11.8 Å². The van der Waals surface area contributed by atoms with E-state index in [1.807, 2.05) is 0 Å². The van der Waals surface area contributed by atoms with Gasteiger partial charge in [-0.2, -0.15) is 0 Å². The fourth-order valence-electron chi connectivity index (χ4n) is 2.11. The number of benzene rings is 2. The zero-order valence-electron chi connectivity index (χ0n) is 14.8. The lowest BCUT2D eigenvalue weighted by Gasteiger charge is -2.14. The van der Waals surface area contributed by atoms with E-state index in [9.17, 15) is 23.3 Å². The van der Waals surface area contributed by atoms with Crippen LogP contribution in [0, 0.1) is 10.1 Å². The molecule has 0 heterocycles. The summed E-state index contributed by atoms with van der Waals surface area (Å²) < 4.78 is 29.4. The quantitative estimate of drug-likeness (QED) is 0.541. The van der Waals surface area contributed by atoms with Crippen molar-refractivity contribution >= 4 is 27.3 Å². The van der Waals surface area contributed by atoms with Crippen LogP contribution in [0.25, 0.3) is 0 Å². The van der Waals surface area contributed by atoms with Crippen molar-refractivity contribution in [3.05, 3.63) is 64.2 Å². The summed E-state index contributed by atoms with van der Waals surface area (Å²) in [6.07, 6.45) is 1.13. The largest absolute Gasteiger partial charge is 0.484 e. The highest BCUT2D eigenvalue weighted by Crippen LogP contribution is 2.17. The summed E-state index contributed by atoms with van der Waals surface area (Å²) in [6, 6.07) is 12.3. The van der Waals surface area contributed by atoms with Gasteiger partial charge in [0.25, 0.3) is 11.6 Å². The lowest BCUT2D eigenvalue weighted by Crippen LogP contribution is -2.24. The Morgan fingerprint density at radius 2 is 1.89 bits per heavy atom. The Bertz CT molecular complexity index is 928. The molecule has 9 nitrogen and oxygen atoms in total. The van der Waals surface area contributed by atoms with Crippen LogP contribution in [0.1, 0.15) is 5.56 Å². The van der Waals surface area contributed by atoms with E-state index in [4.69, 9.17) is 4.74 Å². The van der Waals surface area contributed by atoms with Gasteiger partial charge in [-0.05, 0) is 23.8 Å². The summed E-state index contributed by atoms with van der Waals surface area (Å²) >= 11 is 0. The minimum absolute atomic E-state index is 0.122. The van der Waals surface area contributed by atoms with Gasteiger partial charge in [-0.25, -0.2) is 12.7 Å². The van der Waals surface area contributed by atoms with Crippen molar-refractivity contribution in [1.29, 1.82) is 0 Å². The lowest BCUT2D eigenvalue weighted by molar-refractivity contribution is -0.384. The van der Waals surface area contributed by atoms with E-state index in [1.54, 1.807) is 24.3 Å². The Hall–Kier alpha value is -2.98. The molecule has 0 fully saturated rings. The normalized spacial score (nSPS) is 11.2. The summed E-state index contributed by atoms with van der Waals surface area (Å²) in [5.41, 5.74) is 0.955. The van der Waals surface area contributed by atoms with Crippen LogP contribution in [0.15, 0.2) is 48.5 Å². The first kappa shape index (κ1) is 20.3. The average molecular weight is 393 g/mol. The van der Waals surface area contributed by atoms with Crippen molar-refractivity contribution in [2.24, 2.45) is 0 Å². The van der Waals surface area contributed by atoms with Gasteiger partial charge in [-0.1, -0.05) is 18.2 Å². The van der Waals surface area contributed by atoms with E-state index >= 15 is 0 Å². The molecule has 0 aliphatic rings. The monoisotopic (exact) mass is 393 g/mol. The third kappa shape index (κ3) is 6.35. The second kappa shape index (κ2) is 8.60. The summed E-state index contributed by atoms with van der Waals surface area (Å²) in [5.74, 6) is -0.0219. The zero-order chi connectivity index (χ0) is 20.0. The minimum Gasteiger partial charge on any atom is -0.484 e. The second-order valence-electron chi connectivity index (χ2n) is 5.81. The average Bonchev–Trinajstić information content (AvgIpc) is 2.60. The van der Waals surface area contributed by atoms with Crippen molar-refractivity contribution in [2.45, 2.75) is 6.54 Å². The molecule has 2 aromatic carbocycles. The third-order valence-electron chi connectivity index (χ3n) is 3.61. The number of carbonyl (C=O) groups is 1. The standard InChI is InChI=1S/C17H19N3O6S/c1-19(27(2,24)25)11-13-6-8-16(9-7-13)26-12-17(21)18-14-4-3-5-15(10-14)20(22)23/h3-10H,11-12H2,1-2H3,(H,18,21). The predicted octanol–water partition coefficient (Wildman–Crippen LogP) is 2.00. The maximum atomic E-state index is 11.9. The van der Waals surface area contributed by atoms with E-state index < -0.39 is 20.9 Å². The van der Waals surface area contributed by atoms with Gasteiger partial charge in [0, 0.05) is 31.4 Å². The fourth-order valence-corrected chi connectivity index (χ4v) is 2.49. The fraction of sp³-hybridized carbons (Fsp3) is 0.235. The molecule has 0 radical (unpaired) electrons. The molecule has 0 bridgehead atoms. The Morgan fingerprint density at radius 1 is 1.22 bits per heavy atom. The number of nitro groups is 1. The van der Waals surface area contributed by atoms with Crippen LogP contribution in [-0.2, 0) is 21.4 Å². The number of amides is 1. The van der Waals surface area contributed by atoms with Gasteiger partial charge >= 0.3 is 0 Å². The molecule has 0 atom stereocenters. The molecular formula is C17H19N3O6S. The Labute approximate surface area is 156 Å². The van der Waals surface area contributed by atoms with Crippen LogP contribution in [0.4, 0.5) is 11.4 Å². The van der Waals surface area contributed by atoms with E-state index in [0.29, 0.717) is 11.4 Å². The highest BCUT2D eigenvalue weighted by molar-refractivity contribution is 7.88. The third-order valence-corrected chi connectivity index (χ3v) is 4.87. The van der Waals surface area contributed by atoms with Crippen LogP contribution in [0.2, 0.25) is 0 Å². The number of nitro benzene ring substituents is 1. The van der Waals surface area contributed by atoms with Gasteiger partial charge in [0.15, 0.2) is 6.61 Å². The van der Waals surface area contributed by atoms with Crippen LogP contribution >= 0.6 is 0 Å². The van der Waals surface area contributed by atoms with Crippen molar-refractivity contribution in [2.75, 3.05) is 25.2 Å². The number of non-ortho nitro benzene ring substituents is 1. The number of anilines is 1. The summed E-state index contributed by atoms with van der Waals surface area (Å²) in [4.78, 5) is 22.1. The number of hydrogen-bond acceptors (Lipinski definition) is 6. The van der Waals surface area contributed by atoms with Gasteiger partial charge in [0.2, 0.25) is 10.0 Å². The number of hydrogen-bond donors (Lipinski definition) is 1. The van der Waals surface area contributed by atoms with Gasteiger partial charge < -0.3 is 10.1 Å². The number of sulfonamides is 1. The molecule has 0 aromatic heterocycles. The molecule has 2 rings (SSSR count). The van der Waals surface area contributed by atoms with Crippen LogP contribution in [-0.4, -0.2) is 43.5 Å². The van der Waals surface area contributed by atoms with E-state index in [-0.39, 0.29) is 18.8 Å². The SMILES string of the molecule is CN(Cc1ccc(OCC(=O)Nc2cccc([N+](=O)[O-])c2)cc1)S(C)(=O)=O. The number of carbonyl (C=O) groups excluding carboxylic acids is 1. The number of nitrogens with zero attached hydrogens (tertiary/aromatic N) is 2. The molecule has 0 spiro atoms. The van der Waals surface area contributed by atoms with Crippen LogP contribution < -0.4 is 10.1 Å². The van der Waals surface area contributed by atoms with Crippen molar-refractivity contribution in [1.82, 2.24) is 4.31 Å². The maximum Gasteiger partial charge on any atom is 0.271 e. The van der Waals surface area contributed by atoms with Gasteiger partial charge in [0.1, 0.15) is 5.75 Å². The number of rotatable bonds is 8. The maximum absolute atomic E-state index is 11.9. The van der Waals surface area contributed by atoms with E-state index in [2.05, 4.69) is 5.32 Å². The van der Waals surface area contributed by atoms with Crippen LogP contribution in [0.5, 0.6) is 5.75 Å². The van der Waals surface area contributed by atoms with Crippen molar-refractivity contribution in [3.63, 3.8) is 0 Å². The Morgan fingerprint density at radius 3 is 2.48 bits per heavy atom. The lowest BCUT2D eigenvalue weighted by atomic mass is 10.2. The highest BCUT2D eigenvalue weighted by atomic mass is 32.2. The Kier molecular flexibility index (Phi) is 6.48. The molecule has 27 heavy (non-hydrogen) atoms. The molecule has 0 unspecified atom stereocenters. The molecule has 0 aliphatic heterocycles. The topological polar surface area (TPSA) is 119 Å². The first-order valence-electron chi connectivity index (χ1n) is 7.82. The predicted molar refractivity (Wildman–Crippen MR) is 100.0 cm³/mol. The first-order chi connectivity index (χ1) is 12.6. The van der Waals surface area contributed by atoms with Crippen LogP contribution in [0.3, 0.4) is 0 Å². The number of nitrogens with one attached hydrogen (secondary N) is 1. The molecule has 2 aromatic rings. The van der Waals surface area contributed by atoms with Gasteiger partial charge in [0.05, 0.1) is 11.2 Å². The summed E-state index contributed by atoms with van der Waals surface area (Å²) in [6.45, 7) is -0.0440. The zero-order valence-corrected chi connectivity index (χ0v) is 15.6. The first-order valence-corrected chi connectivity index (χ1v) is 9.67.